The molecule has 1 fully saturated rings. The zero-order valence-corrected chi connectivity index (χ0v) is 24.8. The van der Waals surface area contributed by atoms with Crippen LogP contribution in [0.15, 0.2) is 65.8 Å². The largest absolute Gasteiger partial charge is 0.491 e. The van der Waals surface area contributed by atoms with Gasteiger partial charge in [0.2, 0.25) is 5.91 Å². The Labute approximate surface area is 240 Å². The van der Waals surface area contributed by atoms with E-state index in [9.17, 15) is 4.79 Å². The zero-order chi connectivity index (χ0) is 28.2. The Hall–Kier alpha value is -2.89. The van der Waals surface area contributed by atoms with Crippen molar-refractivity contribution in [3.8, 4) is 5.75 Å². The number of fused-ring (bicyclic) bond motifs is 1. The van der Waals surface area contributed by atoms with Gasteiger partial charge in [-0.1, -0.05) is 63.6 Å². The van der Waals surface area contributed by atoms with Crippen LogP contribution in [0.1, 0.15) is 81.4 Å². The third-order valence-corrected chi connectivity index (χ3v) is 9.35. The van der Waals surface area contributed by atoms with Crippen LogP contribution in [0, 0.1) is 11.8 Å². The molecule has 0 N–H and O–H groups in total. The third-order valence-electron chi connectivity index (χ3n) is 9.35. The second-order valence-corrected chi connectivity index (χ2v) is 11.7. The predicted octanol–water partition coefficient (Wildman–Crippen LogP) is 7.56. The number of allylic oxidation sites excluding steroid dienone is 1. The summed E-state index contributed by atoms with van der Waals surface area (Å²) in [6.45, 7) is 8.46. The first-order chi connectivity index (χ1) is 19.4. The maximum Gasteiger partial charge on any atom is 0.234 e. The van der Waals surface area contributed by atoms with E-state index in [-0.39, 0.29) is 23.8 Å². The molecule has 214 valence electrons. The van der Waals surface area contributed by atoms with Crippen molar-refractivity contribution in [1.82, 2.24) is 0 Å². The van der Waals surface area contributed by atoms with Crippen molar-refractivity contribution in [3.63, 3.8) is 0 Å². The molecule has 2 aromatic rings. The van der Waals surface area contributed by atoms with Crippen LogP contribution < -0.4 is 9.64 Å². The lowest BCUT2D eigenvalue weighted by Gasteiger charge is -2.36. The molecule has 6 aliphatic rings. The summed E-state index contributed by atoms with van der Waals surface area (Å²) < 4.78 is 17.3. The van der Waals surface area contributed by atoms with Crippen LogP contribution >= 0.6 is 0 Å². The van der Waals surface area contributed by atoms with Crippen molar-refractivity contribution < 1.29 is 19.0 Å². The van der Waals surface area contributed by atoms with E-state index in [0.717, 1.165) is 49.1 Å². The van der Waals surface area contributed by atoms with Crippen molar-refractivity contribution in [2.45, 2.75) is 77.4 Å². The van der Waals surface area contributed by atoms with Gasteiger partial charge in [-0.05, 0) is 89.5 Å². The van der Waals surface area contributed by atoms with E-state index in [1.165, 1.54) is 22.3 Å². The third kappa shape index (κ3) is 5.77. The predicted molar refractivity (Wildman–Crippen MR) is 161 cm³/mol. The molecule has 1 saturated carbocycles. The average Bonchev–Trinajstić information content (AvgIpc) is 2.99. The van der Waals surface area contributed by atoms with Crippen LogP contribution in [0.5, 0.6) is 5.75 Å². The van der Waals surface area contributed by atoms with Crippen LogP contribution in [0.25, 0.3) is 0 Å². The number of methoxy groups -OCH3 is 2. The molecule has 0 radical (unpaired) electrons. The maximum absolute atomic E-state index is 14.5. The van der Waals surface area contributed by atoms with E-state index < -0.39 is 0 Å². The molecule has 0 aromatic heterocycles. The Balaban J connectivity index is 1.57. The van der Waals surface area contributed by atoms with Gasteiger partial charge in [0, 0.05) is 19.9 Å². The van der Waals surface area contributed by atoms with Crippen molar-refractivity contribution in [3.05, 3.63) is 82.5 Å². The van der Waals surface area contributed by atoms with Gasteiger partial charge in [-0.15, -0.1) is 0 Å². The van der Waals surface area contributed by atoms with Gasteiger partial charge in [0.05, 0.1) is 25.2 Å². The van der Waals surface area contributed by atoms with Gasteiger partial charge in [-0.3, -0.25) is 4.79 Å². The average molecular weight is 544 g/mol. The molecule has 0 saturated heterocycles. The highest BCUT2D eigenvalue weighted by atomic mass is 16.5. The van der Waals surface area contributed by atoms with Gasteiger partial charge in [-0.2, -0.15) is 0 Å². The number of hydrogen-bond donors (Lipinski definition) is 0. The second-order valence-electron chi connectivity index (χ2n) is 11.7. The highest BCUT2D eigenvalue weighted by Crippen LogP contribution is 2.45. The van der Waals surface area contributed by atoms with Crippen LogP contribution in [0.2, 0.25) is 0 Å². The summed E-state index contributed by atoms with van der Waals surface area (Å²) in [5.74, 6) is 2.02. The molecule has 1 amide bonds. The monoisotopic (exact) mass is 543 g/mol. The van der Waals surface area contributed by atoms with Crippen molar-refractivity contribution in [2.24, 2.45) is 11.8 Å². The standard InChI is InChI=1S/C35H45NO4/c1-6-23(2)34-24(3)30-17-10-25(20-33(30)40-19-18-38-4)22-36(28-14-11-27(34)12-15-28)35(37)31-9-7-8-26-13-16-29(39-5)21-32(26)31/h10-15,17,20-21,23-24,29,31,34H,6-9,16,18-19,22H2,1-5H3/t23?,24-,29?,31?,34?/m0/s1. The fourth-order valence-electron chi connectivity index (χ4n) is 6.93. The number of hydrogen-bond acceptors (Lipinski definition) is 4. The molecule has 5 nitrogen and oxygen atoms in total. The molecule has 5 atom stereocenters. The van der Waals surface area contributed by atoms with E-state index in [0.29, 0.717) is 31.6 Å². The molecule has 2 aromatic carbocycles. The highest BCUT2D eigenvalue weighted by Gasteiger charge is 2.35. The maximum atomic E-state index is 14.5. The number of carbonyl (C=O) groups is 1. The first kappa shape index (κ1) is 28.6. The summed E-state index contributed by atoms with van der Waals surface area (Å²) >= 11 is 0. The molecule has 4 bridgehead atoms. The zero-order valence-electron chi connectivity index (χ0n) is 24.8. The number of anilines is 1. The minimum absolute atomic E-state index is 0.0385. The summed E-state index contributed by atoms with van der Waals surface area (Å²) in [6.07, 6.45) is 9.44. The summed E-state index contributed by atoms with van der Waals surface area (Å²) in [5, 5.41) is 0. The minimum Gasteiger partial charge on any atom is -0.491 e. The Morgan fingerprint density at radius 3 is 2.62 bits per heavy atom. The number of carbonyl (C=O) groups excluding carboxylic acids is 1. The molecule has 4 unspecified atom stereocenters. The fourth-order valence-corrected chi connectivity index (χ4v) is 6.93. The summed E-state index contributed by atoms with van der Waals surface area (Å²) in [7, 11) is 3.45. The summed E-state index contributed by atoms with van der Waals surface area (Å²) in [4.78, 5) is 16.4. The summed E-state index contributed by atoms with van der Waals surface area (Å²) in [6, 6.07) is 15.4. The summed E-state index contributed by atoms with van der Waals surface area (Å²) in [5.41, 5.74) is 7.04. The molecular formula is C35H45NO4. The van der Waals surface area contributed by atoms with Gasteiger partial charge in [-0.25, -0.2) is 0 Å². The van der Waals surface area contributed by atoms with Gasteiger partial charge in [0.1, 0.15) is 12.4 Å². The Morgan fingerprint density at radius 2 is 1.90 bits per heavy atom. The molecule has 4 heterocycles. The Kier molecular flexibility index (Phi) is 9.12. The quantitative estimate of drug-likeness (QED) is 0.322. The van der Waals surface area contributed by atoms with Crippen LogP contribution in [-0.2, 0) is 20.8 Å². The van der Waals surface area contributed by atoms with Gasteiger partial charge in [0.25, 0.3) is 0 Å². The van der Waals surface area contributed by atoms with E-state index in [4.69, 9.17) is 14.2 Å². The van der Waals surface area contributed by atoms with Gasteiger partial charge < -0.3 is 19.1 Å². The number of benzene rings is 2. The van der Waals surface area contributed by atoms with E-state index in [2.05, 4.69) is 75.4 Å². The fraction of sp³-hybridized carbons (Fsp3) is 0.514. The van der Waals surface area contributed by atoms with Crippen LogP contribution in [-0.4, -0.2) is 39.4 Å². The number of rotatable bonds is 8. The lowest BCUT2D eigenvalue weighted by atomic mass is 9.74. The molecule has 8 rings (SSSR count). The first-order valence-electron chi connectivity index (χ1n) is 15.0. The molecule has 4 aliphatic heterocycles. The highest BCUT2D eigenvalue weighted by molar-refractivity contribution is 5.97. The topological polar surface area (TPSA) is 48.0 Å². The van der Waals surface area contributed by atoms with Crippen molar-refractivity contribution in [1.29, 1.82) is 0 Å². The van der Waals surface area contributed by atoms with Crippen molar-refractivity contribution in [2.75, 3.05) is 32.3 Å². The molecule has 2 aliphatic carbocycles. The minimum atomic E-state index is -0.157. The van der Waals surface area contributed by atoms with Gasteiger partial charge in [0.15, 0.2) is 0 Å². The Bertz CT molecular complexity index is 1250. The lowest BCUT2D eigenvalue weighted by molar-refractivity contribution is -0.121. The second kappa shape index (κ2) is 12.7. The first-order valence-corrected chi connectivity index (χ1v) is 15.0. The van der Waals surface area contributed by atoms with E-state index in [1.807, 2.05) is 4.90 Å². The van der Waals surface area contributed by atoms with E-state index >= 15 is 0 Å². The smallest absolute Gasteiger partial charge is 0.234 e. The van der Waals surface area contributed by atoms with Crippen LogP contribution in [0.3, 0.4) is 0 Å². The van der Waals surface area contributed by atoms with Gasteiger partial charge >= 0.3 is 0 Å². The number of ether oxygens (including phenoxy) is 3. The molecule has 40 heavy (non-hydrogen) atoms. The molecular weight excluding hydrogens is 498 g/mol. The SMILES string of the molecule is CCC(C)C1c2ccc(cc2)N(C(=O)C2CCCC3=CCC(OC)C=C32)Cc2ccc(c(OCCOC)c2)[C@@H]1C. The van der Waals surface area contributed by atoms with E-state index in [1.54, 1.807) is 14.2 Å². The Morgan fingerprint density at radius 1 is 1.10 bits per heavy atom. The molecule has 0 spiro atoms. The number of nitrogens with zero attached hydrogens (tertiary/aromatic N) is 1. The van der Waals surface area contributed by atoms with Crippen molar-refractivity contribution >= 4 is 11.6 Å². The van der Waals surface area contributed by atoms with Crippen LogP contribution in [0.4, 0.5) is 5.69 Å². The number of amides is 1. The normalized spacial score (nSPS) is 24.9. The lowest BCUT2D eigenvalue weighted by Crippen LogP contribution is -2.39. The molecule has 5 heteroatoms.